The van der Waals surface area contributed by atoms with Crippen LogP contribution in [0.5, 0.6) is 0 Å². The van der Waals surface area contributed by atoms with Crippen molar-refractivity contribution in [3.05, 3.63) is 46.8 Å². The molecule has 0 unspecified atom stereocenters. The molecule has 0 aliphatic heterocycles. The van der Waals surface area contributed by atoms with E-state index < -0.39 is 18.3 Å². The average Bonchev–Trinajstić information content (AvgIpc) is 2.94. The molecule has 3 aromatic rings. The van der Waals surface area contributed by atoms with Gasteiger partial charge in [0.2, 0.25) is 0 Å². The van der Waals surface area contributed by atoms with Gasteiger partial charge < -0.3 is 4.74 Å². The summed E-state index contributed by atoms with van der Waals surface area (Å²) in [6, 6.07) is 4.95. The third-order valence-electron chi connectivity index (χ3n) is 3.43. The van der Waals surface area contributed by atoms with Crippen LogP contribution in [0.3, 0.4) is 0 Å². The number of rotatable bonds is 5. The molecule has 132 valence electrons. The SMILES string of the molecule is COCCc1nc(-c2cnc3ccccn3c2=O)n(CC(F)(F)F)n1. The predicted octanol–water partition coefficient (Wildman–Crippen LogP) is 1.70. The smallest absolute Gasteiger partial charge is 0.384 e. The van der Waals surface area contributed by atoms with Gasteiger partial charge >= 0.3 is 6.18 Å². The lowest BCUT2D eigenvalue weighted by atomic mass is 10.3. The van der Waals surface area contributed by atoms with Crippen LogP contribution in [-0.4, -0.2) is 44.0 Å². The van der Waals surface area contributed by atoms with Crippen LogP contribution < -0.4 is 5.56 Å². The minimum Gasteiger partial charge on any atom is -0.384 e. The van der Waals surface area contributed by atoms with Crippen molar-refractivity contribution in [1.82, 2.24) is 24.1 Å². The second-order valence-corrected chi connectivity index (χ2v) is 5.27. The Hall–Kier alpha value is -2.75. The third kappa shape index (κ3) is 3.68. The van der Waals surface area contributed by atoms with Crippen LogP contribution in [0.2, 0.25) is 0 Å². The van der Waals surface area contributed by atoms with Gasteiger partial charge in [0.25, 0.3) is 5.56 Å². The van der Waals surface area contributed by atoms with Gasteiger partial charge in [0, 0.05) is 25.9 Å². The normalized spacial score (nSPS) is 12.0. The summed E-state index contributed by atoms with van der Waals surface area (Å²) in [5.41, 5.74) is -0.179. The van der Waals surface area contributed by atoms with Crippen molar-refractivity contribution >= 4 is 5.65 Å². The predicted molar refractivity (Wildman–Crippen MR) is 82.1 cm³/mol. The number of fused-ring (bicyclic) bond motifs is 1. The first-order valence-electron chi connectivity index (χ1n) is 7.35. The van der Waals surface area contributed by atoms with Crippen LogP contribution in [-0.2, 0) is 17.7 Å². The molecule has 25 heavy (non-hydrogen) atoms. The van der Waals surface area contributed by atoms with Crippen LogP contribution in [0, 0.1) is 0 Å². The van der Waals surface area contributed by atoms with E-state index in [0.29, 0.717) is 10.3 Å². The number of alkyl halides is 3. The number of hydrogen-bond donors (Lipinski definition) is 0. The Morgan fingerprint density at radius 2 is 2.08 bits per heavy atom. The number of halogens is 3. The molecule has 7 nitrogen and oxygen atoms in total. The van der Waals surface area contributed by atoms with E-state index in [-0.39, 0.29) is 30.2 Å². The number of methoxy groups -OCH3 is 1. The van der Waals surface area contributed by atoms with E-state index in [1.54, 1.807) is 18.2 Å². The van der Waals surface area contributed by atoms with E-state index in [9.17, 15) is 18.0 Å². The highest BCUT2D eigenvalue weighted by Crippen LogP contribution is 2.21. The molecule has 10 heteroatoms. The Labute approximate surface area is 139 Å². The zero-order chi connectivity index (χ0) is 18.0. The molecule has 0 radical (unpaired) electrons. The fourth-order valence-electron chi connectivity index (χ4n) is 2.35. The van der Waals surface area contributed by atoms with Crippen LogP contribution in [0.25, 0.3) is 17.0 Å². The van der Waals surface area contributed by atoms with Crippen molar-refractivity contribution in [3.63, 3.8) is 0 Å². The lowest BCUT2D eigenvalue weighted by Gasteiger charge is -2.09. The first kappa shape index (κ1) is 17.1. The molecule has 0 fully saturated rings. The molecule has 0 aliphatic carbocycles. The topological polar surface area (TPSA) is 74.3 Å². The number of aromatic nitrogens is 5. The molecule has 0 saturated carbocycles. The quantitative estimate of drug-likeness (QED) is 0.698. The molecule has 0 atom stereocenters. The van der Waals surface area contributed by atoms with E-state index in [1.807, 2.05) is 0 Å². The molecule has 0 aromatic carbocycles. The van der Waals surface area contributed by atoms with Crippen LogP contribution in [0.4, 0.5) is 13.2 Å². The van der Waals surface area contributed by atoms with Crippen LogP contribution >= 0.6 is 0 Å². The summed E-state index contributed by atoms with van der Waals surface area (Å²) >= 11 is 0. The van der Waals surface area contributed by atoms with Gasteiger partial charge in [-0.3, -0.25) is 9.20 Å². The summed E-state index contributed by atoms with van der Waals surface area (Å²) < 4.78 is 45.3. The molecule has 0 amide bonds. The molecule has 3 heterocycles. The summed E-state index contributed by atoms with van der Waals surface area (Å²) in [6.45, 7) is -1.09. The highest BCUT2D eigenvalue weighted by atomic mass is 19.4. The molecule has 3 aromatic heterocycles. The molecule has 0 saturated heterocycles. The van der Waals surface area contributed by atoms with Gasteiger partial charge in [0.15, 0.2) is 11.6 Å². The van der Waals surface area contributed by atoms with Crippen molar-refractivity contribution in [1.29, 1.82) is 0 Å². The van der Waals surface area contributed by atoms with Gasteiger partial charge in [-0.2, -0.15) is 18.3 Å². The van der Waals surface area contributed by atoms with E-state index in [0.717, 1.165) is 0 Å². The summed E-state index contributed by atoms with van der Waals surface area (Å²) in [4.78, 5) is 20.8. The largest absolute Gasteiger partial charge is 0.408 e. The highest BCUT2D eigenvalue weighted by Gasteiger charge is 2.31. The molecular weight excluding hydrogens is 339 g/mol. The van der Waals surface area contributed by atoms with Gasteiger partial charge in [-0.1, -0.05) is 6.07 Å². The maximum atomic E-state index is 12.8. The Bertz CT molecular complexity index is 948. The van der Waals surface area contributed by atoms with Gasteiger partial charge in [-0.25, -0.2) is 14.6 Å². The molecule has 3 rings (SSSR count). The Kier molecular flexibility index (Phi) is 4.53. The minimum absolute atomic E-state index is 0.0517. The Balaban J connectivity index is 2.13. The fraction of sp³-hybridized carbons (Fsp3) is 0.333. The van der Waals surface area contributed by atoms with E-state index in [1.165, 1.54) is 23.9 Å². The molecule has 0 N–H and O–H groups in total. The fourth-order valence-corrected chi connectivity index (χ4v) is 2.35. The number of hydrogen-bond acceptors (Lipinski definition) is 5. The van der Waals surface area contributed by atoms with E-state index >= 15 is 0 Å². The molecule has 0 aliphatic rings. The second-order valence-electron chi connectivity index (χ2n) is 5.27. The summed E-state index contributed by atoms with van der Waals surface area (Å²) in [5.74, 6) is -0.00200. The first-order chi connectivity index (χ1) is 11.9. The third-order valence-corrected chi connectivity index (χ3v) is 3.43. The van der Waals surface area contributed by atoms with E-state index in [2.05, 4.69) is 15.1 Å². The van der Waals surface area contributed by atoms with Crippen molar-refractivity contribution in [3.8, 4) is 11.4 Å². The van der Waals surface area contributed by atoms with Crippen molar-refractivity contribution < 1.29 is 17.9 Å². The van der Waals surface area contributed by atoms with Crippen molar-refractivity contribution in [2.24, 2.45) is 0 Å². The van der Waals surface area contributed by atoms with E-state index in [4.69, 9.17) is 4.74 Å². The summed E-state index contributed by atoms with van der Waals surface area (Å²) in [6.07, 6.45) is -1.56. The van der Waals surface area contributed by atoms with Gasteiger partial charge in [-0.15, -0.1) is 0 Å². The second kappa shape index (κ2) is 6.63. The minimum atomic E-state index is -4.50. The summed E-state index contributed by atoms with van der Waals surface area (Å²) in [5, 5.41) is 3.86. The maximum Gasteiger partial charge on any atom is 0.408 e. The van der Waals surface area contributed by atoms with Gasteiger partial charge in [-0.05, 0) is 12.1 Å². The Morgan fingerprint density at radius 1 is 1.28 bits per heavy atom. The van der Waals surface area contributed by atoms with Gasteiger partial charge in [0.1, 0.15) is 17.8 Å². The number of nitrogens with zero attached hydrogens (tertiary/aromatic N) is 5. The number of pyridine rings is 1. The van der Waals surface area contributed by atoms with Crippen LogP contribution in [0.15, 0.2) is 35.4 Å². The monoisotopic (exact) mass is 353 g/mol. The highest BCUT2D eigenvalue weighted by molar-refractivity contribution is 5.55. The van der Waals surface area contributed by atoms with Crippen molar-refractivity contribution in [2.75, 3.05) is 13.7 Å². The lowest BCUT2D eigenvalue weighted by molar-refractivity contribution is -0.142. The summed E-state index contributed by atoms with van der Waals surface area (Å²) in [7, 11) is 1.47. The zero-order valence-corrected chi connectivity index (χ0v) is 13.2. The molecule has 0 bridgehead atoms. The molecular formula is C15H14F3N5O2. The zero-order valence-electron chi connectivity index (χ0n) is 13.2. The Morgan fingerprint density at radius 3 is 2.80 bits per heavy atom. The first-order valence-corrected chi connectivity index (χ1v) is 7.35. The lowest BCUT2D eigenvalue weighted by Crippen LogP contribution is -2.22. The van der Waals surface area contributed by atoms with Crippen LogP contribution in [0.1, 0.15) is 5.82 Å². The van der Waals surface area contributed by atoms with Crippen molar-refractivity contribution in [2.45, 2.75) is 19.1 Å². The maximum absolute atomic E-state index is 12.8. The molecule has 0 spiro atoms. The van der Waals surface area contributed by atoms with Gasteiger partial charge in [0.05, 0.1) is 6.61 Å². The number of ether oxygens (including phenoxy) is 1. The standard InChI is InChI=1S/C15H14F3N5O2/c1-25-7-5-11-20-13(23(21-11)9-15(16,17)18)10-8-19-12-4-2-3-6-22(12)14(10)24/h2-4,6,8H,5,7,9H2,1H3. The average molecular weight is 353 g/mol.